The average Bonchev–Trinajstić information content (AvgIpc) is 2.71. The highest BCUT2D eigenvalue weighted by atomic mass is 32.1. The lowest BCUT2D eigenvalue weighted by Crippen LogP contribution is -2.11. The Morgan fingerprint density at radius 1 is 1.46 bits per heavy atom. The molecular weight excluding hydrogens is 182 g/mol. The summed E-state index contributed by atoms with van der Waals surface area (Å²) < 4.78 is 1.93. The predicted molar refractivity (Wildman–Crippen MR) is 54.3 cm³/mol. The molecule has 0 saturated heterocycles. The fourth-order valence-electron chi connectivity index (χ4n) is 1.08. The summed E-state index contributed by atoms with van der Waals surface area (Å²) in [6, 6.07) is 3.97. The van der Waals surface area contributed by atoms with Crippen LogP contribution in [0.15, 0.2) is 29.9 Å². The molecule has 2 aromatic heterocycles. The van der Waals surface area contributed by atoms with Crippen molar-refractivity contribution < 1.29 is 0 Å². The molecule has 2 heterocycles. The monoisotopic (exact) mass is 193 g/mol. The van der Waals surface area contributed by atoms with Crippen molar-refractivity contribution in [2.45, 2.75) is 13.5 Å². The Balaban J connectivity index is 1.93. The predicted octanol–water partition coefficient (Wildman–Crippen LogP) is 2.00. The normalized spacial score (nSPS) is 10.2. The van der Waals surface area contributed by atoms with E-state index < -0.39 is 0 Å². The minimum absolute atomic E-state index is 0.785. The van der Waals surface area contributed by atoms with Crippen LogP contribution in [0.25, 0.3) is 0 Å². The Labute approximate surface area is 81.0 Å². The van der Waals surface area contributed by atoms with Crippen LogP contribution >= 0.6 is 11.3 Å². The molecule has 0 radical (unpaired) electrons. The van der Waals surface area contributed by atoms with Crippen molar-refractivity contribution in [2.75, 3.05) is 5.43 Å². The highest BCUT2D eigenvalue weighted by Gasteiger charge is 1.96. The van der Waals surface area contributed by atoms with Gasteiger partial charge >= 0.3 is 0 Å². The van der Waals surface area contributed by atoms with Crippen LogP contribution in [-0.4, -0.2) is 9.66 Å². The van der Waals surface area contributed by atoms with Gasteiger partial charge in [-0.15, -0.1) is 11.3 Å². The van der Waals surface area contributed by atoms with Crippen LogP contribution < -0.4 is 5.43 Å². The second-order valence-electron chi connectivity index (χ2n) is 2.81. The minimum Gasteiger partial charge on any atom is -0.320 e. The fraction of sp³-hybridized carbons (Fsp3) is 0.222. The molecule has 0 saturated carbocycles. The number of rotatable bonds is 3. The summed E-state index contributed by atoms with van der Waals surface area (Å²) in [4.78, 5) is 4.35. The number of nitrogens with zero attached hydrogens (tertiary/aromatic N) is 2. The van der Waals surface area contributed by atoms with Gasteiger partial charge in [0.2, 0.25) is 0 Å². The van der Waals surface area contributed by atoms with Crippen molar-refractivity contribution in [1.29, 1.82) is 0 Å². The van der Waals surface area contributed by atoms with Gasteiger partial charge in [0.25, 0.3) is 0 Å². The molecule has 0 aliphatic heterocycles. The quantitative estimate of drug-likeness (QED) is 0.808. The summed E-state index contributed by atoms with van der Waals surface area (Å²) in [5.41, 5.74) is 4.31. The van der Waals surface area contributed by atoms with Crippen LogP contribution in [0.5, 0.6) is 0 Å². The van der Waals surface area contributed by atoms with E-state index in [9.17, 15) is 0 Å². The first kappa shape index (κ1) is 8.31. The van der Waals surface area contributed by atoms with Crippen molar-refractivity contribution in [1.82, 2.24) is 9.66 Å². The third-order valence-electron chi connectivity index (χ3n) is 1.68. The second-order valence-corrected chi connectivity index (χ2v) is 3.75. The Bertz CT molecular complexity index is 364. The van der Waals surface area contributed by atoms with Gasteiger partial charge in [0.1, 0.15) is 5.01 Å². The lowest BCUT2D eigenvalue weighted by Gasteiger charge is -2.03. The maximum absolute atomic E-state index is 4.35. The summed E-state index contributed by atoms with van der Waals surface area (Å²) in [5, 5.41) is 3.18. The van der Waals surface area contributed by atoms with Crippen LogP contribution in [0.1, 0.15) is 10.7 Å². The van der Waals surface area contributed by atoms with E-state index in [1.165, 1.54) is 0 Å². The zero-order valence-corrected chi connectivity index (χ0v) is 8.21. The van der Waals surface area contributed by atoms with Gasteiger partial charge in [-0.2, -0.15) is 0 Å². The molecule has 13 heavy (non-hydrogen) atoms. The molecule has 2 aromatic rings. The van der Waals surface area contributed by atoms with Gasteiger partial charge in [-0.3, -0.25) is 4.68 Å². The maximum Gasteiger partial charge on any atom is 0.114 e. The van der Waals surface area contributed by atoms with Crippen molar-refractivity contribution in [3.8, 4) is 0 Å². The van der Waals surface area contributed by atoms with Crippen LogP contribution in [0, 0.1) is 6.92 Å². The Morgan fingerprint density at radius 2 is 2.23 bits per heavy atom. The van der Waals surface area contributed by atoms with E-state index >= 15 is 0 Å². The standard InChI is InChI=1S/C9H11N3S/c1-8-7-13-9(11-8)6-10-12-4-2-3-5-12/h2-5,7,10H,6H2,1H3. The Morgan fingerprint density at radius 3 is 2.85 bits per heavy atom. The Hall–Kier alpha value is -1.29. The van der Waals surface area contributed by atoms with E-state index in [2.05, 4.69) is 15.8 Å². The third-order valence-corrected chi connectivity index (χ3v) is 2.65. The first-order valence-corrected chi connectivity index (χ1v) is 5.00. The highest BCUT2D eigenvalue weighted by molar-refractivity contribution is 7.09. The van der Waals surface area contributed by atoms with Crippen molar-refractivity contribution in [3.05, 3.63) is 40.6 Å². The average molecular weight is 193 g/mol. The molecule has 0 bridgehead atoms. The van der Waals surface area contributed by atoms with Crippen LogP contribution in [-0.2, 0) is 6.54 Å². The number of aryl methyl sites for hydroxylation is 1. The maximum atomic E-state index is 4.35. The first-order valence-electron chi connectivity index (χ1n) is 4.12. The molecule has 3 nitrogen and oxygen atoms in total. The summed E-state index contributed by atoms with van der Waals surface area (Å²) in [6.45, 7) is 2.79. The smallest absolute Gasteiger partial charge is 0.114 e. The molecule has 0 unspecified atom stereocenters. The van der Waals surface area contributed by atoms with Gasteiger partial charge in [0.05, 0.1) is 6.54 Å². The molecule has 2 rings (SSSR count). The van der Waals surface area contributed by atoms with E-state index in [1.54, 1.807) is 11.3 Å². The molecule has 0 spiro atoms. The van der Waals surface area contributed by atoms with E-state index in [0.29, 0.717) is 0 Å². The molecule has 0 atom stereocenters. The highest BCUT2D eigenvalue weighted by Crippen LogP contribution is 2.08. The zero-order chi connectivity index (χ0) is 9.10. The zero-order valence-electron chi connectivity index (χ0n) is 7.40. The van der Waals surface area contributed by atoms with Gasteiger partial charge in [-0.1, -0.05) is 0 Å². The molecule has 4 heteroatoms. The van der Waals surface area contributed by atoms with Crippen LogP contribution in [0.4, 0.5) is 0 Å². The van der Waals surface area contributed by atoms with Gasteiger partial charge in [0.15, 0.2) is 0 Å². The molecular formula is C9H11N3S. The number of hydrogen-bond donors (Lipinski definition) is 1. The second kappa shape index (κ2) is 3.62. The van der Waals surface area contributed by atoms with Crippen molar-refractivity contribution in [3.63, 3.8) is 0 Å². The number of nitrogens with one attached hydrogen (secondary N) is 1. The van der Waals surface area contributed by atoms with Gasteiger partial charge < -0.3 is 5.43 Å². The fourth-order valence-corrected chi connectivity index (χ4v) is 1.79. The Kier molecular flexibility index (Phi) is 2.31. The summed E-state index contributed by atoms with van der Waals surface area (Å²) in [7, 11) is 0. The van der Waals surface area contributed by atoms with Gasteiger partial charge in [-0.05, 0) is 19.1 Å². The van der Waals surface area contributed by atoms with Crippen molar-refractivity contribution >= 4 is 11.3 Å². The summed E-state index contributed by atoms with van der Waals surface area (Å²) in [5.74, 6) is 0. The topological polar surface area (TPSA) is 29.9 Å². The summed E-state index contributed by atoms with van der Waals surface area (Å²) in [6.07, 6.45) is 3.95. The van der Waals surface area contributed by atoms with Gasteiger partial charge in [-0.25, -0.2) is 4.98 Å². The van der Waals surface area contributed by atoms with Gasteiger partial charge in [0, 0.05) is 23.5 Å². The molecule has 1 N–H and O–H groups in total. The molecule has 0 fully saturated rings. The molecule has 68 valence electrons. The molecule has 0 amide bonds. The third kappa shape index (κ3) is 2.09. The molecule has 0 aliphatic rings. The number of hydrogen-bond acceptors (Lipinski definition) is 3. The van der Waals surface area contributed by atoms with Crippen LogP contribution in [0.2, 0.25) is 0 Å². The van der Waals surface area contributed by atoms with E-state index in [4.69, 9.17) is 0 Å². The SMILES string of the molecule is Cc1csc(CNn2cccc2)n1. The molecule has 0 aromatic carbocycles. The largest absolute Gasteiger partial charge is 0.320 e. The van der Waals surface area contributed by atoms with E-state index in [1.807, 2.05) is 36.1 Å². The van der Waals surface area contributed by atoms with E-state index in [0.717, 1.165) is 17.2 Å². The molecule has 0 aliphatic carbocycles. The number of thiazole rings is 1. The first-order chi connectivity index (χ1) is 6.34. The summed E-state index contributed by atoms with van der Waals surface area (Å²) >= 11 is 1.68. The number of aromatic nitrogens is 2. The van der Waals surface area contributed by atoms with Crippen molar-refractivity contribution in [2.24, 2.45) is 0 Å². The minimum atomic E-state index is 0.785. The lowest BCUT2D eigenvalue weighted by molar-refractivity contribution is 0.840. The lowest BCUT2D eigenvalue weighted by atomic mass is 10.6. The van der Waals surface area contributed by atoms with E-state index in [-0.39, 0.29) is 0 Å². The van der Waals surface area contributed by atoms with Crippen LogP contribution in [0.3, 0.4) is 0 Å².